The molecule has 0 aliphatic carbocycles. The molecule has 0 saturated heterocycles. The molecule has 6 heteroatoms. The van der Waals surface area contributed by atoms with Crippen molar-refractivity contribution < 1.29 is 28.6 Å². The van der Waals surface area contributed by atoms with Gasteiger partial charge in [0.2, 0.25) is 0 Å². The minimum absolute atomic E-state index is 0.0657. The maximum Gasteiger partial charge on any atom is 0.306 e. The summed E-state index contributed by atoms with van der Waals surface area (Å²) in [5.74, 6) is -0.840. The predicted octanol–water partition coefficient (Wildman–Crippen LogP) is 21.4. The number of carbonyl (C=O) groups is 3. The molecule has 0 bridgehead atoms. The quantitative estimate of drug-likeness (QED) is 0.0261. The van der Waals surface area contributed by atoms with Gasteiger partial charge in [-0.3, -0.25) is 14.4 Å². The van der Waals surface area contributed by atoms with Gasteiger partial charge in [0, 0.05) is 19.3 Å². The zero-order valence-electron chi connectivity index (χ0n) is 48.0. The Labute approximate surface area is 443 Å². The zero-order chi connectivity index (χ0) is 51.4. The van der Waals surface area contributed by atoms with E-state index in [4.69, 9.17) is 14.2 Å². The van der Waals surface area contributed by atoms with Gasteiger partial charge in [-0.05, 0) is 44.9 Å². The van der Waals surface area contributed by atoms with Crippen LogP contribution in [-0.2, 0) is 28.6 Å². The van der Waals surface area contributed by atoms with Crippen LogP contribution in [0, 0.1) is 0 Å². The number of carbonyl (C=O) groups excluding carboxylic acids is 3. The number of ether oxygens (including phenoxy) is 3. The van der Waals surface area contributed by atoms with Crippen LogP contribution in [0.3, 0.4) is 0 Å². The molecule has 0 aliphatic rings. The highest BCUT2D eigenvalue weighted by Crippen LogP contribution is 2.18. The third-order valence-corrected chi connectivity index (χ3v) is 14.5. The third kappa shape index (κ3) is 58.7. The molecule has 0 spiro atoms. The van der Waals surface area contributed by atoms with Crippen LogP contribution in [0.25, 0.3) is 0 Å². The minimum Gasteiger partial charge on any atom is -0.462 e. The lowest BCUT2D eigenvalue weighted by Gasteiger charge is -2.18. The summed E-state index contributed by atoms with van der Waals surface area (Å²) < 4.78 is 17.0. The SMILES string of the molecule is CCCCC/C=C\C=C/CCCCCCCCCCCCC(=O)OCC(COC(=O)CCCCCCCCCCCCCCCCCC)OC(=O)CCCCCCCCCCCCCCCCCCCC. The van der Waals surface area contributed by atoms with Crippen LogP contribution in [0.2, 0.25) is 0 Å². The number of unbranched alkanes of at least 4 members (excludes halogenated alkanes) is 45. The first-order valence-electron chi connectivity index (χ1n) is 31.9. The summed E-state index contributed by atoms with van der Waals surface area (Å²) in [5.41, 5.74) is 0. The number of rotatable bonds is 59. The largest absolute Gasteiger partial charge is 0.462 e. The van der Waals surface area contributed by atoms with E-state index in [1.54, 1.807) is 0 Å². The molecule has 0 heterocycles. The topological polar surface area (TPSA) is 78.9 Å². The second kappa shape index (κ2) is 60.4. The molecule has 0 aromatic heterocycles. The van der Waals surface area contributed by atoms with E-state index in [1.807, 2.05) is 0 Å². The Hall–Kier alpha value is -2.11. The average molecular weight is 1000 g/mol. The molecule has 0 N–H and O–H groups in total. The molecule has 0 rings (SSSR count). The van der Waals surface area contributed by atoms with Gasteiger partial charge >= 0.3 is 17.9 Å². The van der Waals surface area contributed by atoms with Crippen LogP contribution >= 0.6 is 0 Å². The van der Waals surface area contributed by atoms with Crippen LogP contribution in [0.1, 0.15) is 355 Å². The number of allylic oxidation sites excluding steroid dienone is 4. The lowest BCUT2D eigenvalue weighted by atomic mass is 10.0. The molecule has 418 valence electrons. The highest BCUT2D eigenvalue weighted by Gasteiger charge is 2.19. The summed E-state index contributed by atoms with van der Waals surface area (Å²) in [6, 6.07) is 0. The van der Waals surface area contributed by atoms with Crippen molar-refractivity contribution in [1.82, 2.24) is 0 Å². The fourth-order valence-corrected chi connectivity index (χ4v) is 9.67. The Morgan fingerprint density at radius 2 is 0.493 bits per heavy atom. The smallest absolute Gasteiger partial charge is 0.306 e. The summed E-state index contributed by atoms with van der Waals surface area (Å²) in [5, 5.41) is 0. The summed E-state index contributed by atoms with van der Waals surface area (Å²) in [6.07, 6.45) is 71.7. The maximum absolute atomic E-state index is 12.9. The Balaban J connectivity index is 4.31. The van der Waals surface area contributed by atoms with Crippen molar-refractivity contribution in [2.45, 2.75) is 361 Å². The lowest BCUT2D eigenvalue weighted by Crippen LogP contribution is -2.30. The third-order valence-electron chi connectivity index (χ3n) is 14.5. The Kier molecular flexibility index (Phi) is 58.6. The van der Waals surface area contributed by atoms with Gasteiger partial charge < -0.3 is 14.2 Å². The monoisotopic (exact) mass is 999 g/mol. The Morgan fingerprint density at radius 1 is 0.282 bits per heavy atom. The van der Waals surface area contributed by atoms with E-state index in [2.05, 4.69) is 45.1 Å². The summed E-state index contributed by atoms with van der Waals surface area (Å²) >= 11 is 0. The van der Waals surface area contributed by atoms with Crippen molar-refractivity contribution in [1.29, 1.82) is 0 Å². The fraction of sp³-hybridized carbons (Fsp3) is 0.892. The molecule has 0 aliphatic heterocycles. The Morgan fingerprint density at radius 3 is 0.775 bits per heavy atom. The van der Waals surface area contributed by atoms with Crippen molar-refractivity contribution in [3.63, 3.8) is 0 Å². The molecule has 0 saturated carbocycles. The average Bonchev–Trinajstić information content (AvgIpc) is 3.37. The highest BCUT2D eigenvalue weighted by atomic mass is 16.6. The molecule has 6 nitrogen and oxygen atoms in total. The van der Waals surface area contributed by atoms with Crippen LogP contribution in [0.5, 0.6) is 0 Å². The number of esters is 3. The van der Waals surface area contributed by atoms with Crippen LogP contribution in [-0.4, -0.2) is 37.2 Å². The first-order chi connectivity index (χ1) is 35.0. The van der Waals surface area contributed by atoms with E-state index in [0.717, 1.165) is 57.8 Å². The number of hydrogen-bond acceptors (Lipinski definition) is 6. The normalized spacial score (nSPS) is 12.1. The van der Waals surface area contributed by atoms with Gasteiger partial charge in [0.1, 0.15) is 13.2 Å². The molecular formula is C65H122O6. The van der Waals surface area contributed by atoms with Gasteiger partial charge in [0.25, 0.3) is 0 Å². The van der Waals surface area contributed by atoms with Gasteiger partial charge in [-0.2, -0.15) is 0 Å². The standard InChI is InChI=1S/C65H122O6/c1-4-7-10-13-16-19-22-25-28-31-33-35-37-40-43-46-49-52-55-58-64(67)70-61-62(60-69-63(66)57-54-51-48-45-42-39-36-30-27-24-21-18-15-12-9-6-3)71-65(68)59-56-53-50-47-44-41-38-34-32-29-26-23-20-17-14-11-8-5-2/h16,19,22,25,62H,4-15,17-18,20-21,23-24,26-61H2,1-3H3/b19-16-,25-22-. The van der Waals surface area contributed by atoms with Crippen molar-refractivity contribution >= 4 is 17.9 Å². The van der Waals surface area contributed by atoms with Crippen molar-refractivity contribution in [2.24, 2.45) is 0 Å². The summed E-state index contributed by atoms with van der Waals surface area (Å²) in [7, 11) is 0. The summed E-state index contributed by atoms with van der Waals surface area (Å²) in [4.78, 5) is 38.3. The van der Waals surface area contributed by atoms with Gasteiger partial charge in [0.15, 0.2) is 6.10 Å². The van der Waals surface area contributed by atoms with E-state index < -0.39 is 6.10 Å². The second-order valence-corrected chi connectivity index (χ2v) is 21.7. The van der Waals surface area contributed by atoms with Gasteiger partial charge in [0.05, 0.1) is 0 Å². The van der Waals surface area contributed by atoms with E-state index >= 15 is 0 Å². The first kappa shape index (κ1) is 68.9. The van der Waals surface area contributed by atoms with E-state index in [0.29, 0.717) is 19.3 Å². The molecule has 0 radical (unpaired) electrons. The zero-order valence-corrected chi connectivity index (χ0v) is 48.0. The molecular weight excluding hydrogens is 877 g/mol. The molecule has 0 amide bonds. The minimum atomic E-state index is -0.768. The van der Waals surface area contributed by atoms with Crippen LogP contribution in [0.4, 0.5) is 0 Å². The van der Waals surface area contributed by atoms with Crippen molar-refractivity contribution in [3.8, 4) is 0 Å². The van der Waals surface area contributed by atoms with Crippen LogP contribution < -0.4 is 0 Å². The van der Waals surface area contributed by atoms with Crippen molar-refractivity contribution in [2.75, 3.05) is 13.2 Å². The molecule has 1 atom stereocenters. The molecule has 71 heavy (non-hydrogen) atoms. The second-order valence-electron chi connectivity index (χ2n) is 21.7. The predicted molar refractivity (Wildman–Crippen MR) is 307 cm³/mol. The van der Waals surface area contributed by atoms with Crippen LogP contribution in [0.15, 0.2) is 24.3 Å². The van der Waals surface area contributed by atoms with Gasteiger partial charge in [-0.15, -0.1) is 0 Å². The van der Waals surface area contributed by atoms with Gasteiger partial charge in [-0.1, -0.05) is 315 Å². The summed E-state index contributed by atoms with van der Waals surface area (Å²) in [6.45, 7) is 6.68. The van der Waals surface area contributed by atoms with Gasteiger partial charge in [-0.25, -0.2) is 0 Å². The highest BCUT2D eigenvalue weighted by molar-refractivity contribution is 5.71. The van der Waals surface area contributed by atoms with E-state index in [-0.39, 0.29) is 31.1 Å². The lowest BCUT2D eigenvalue weighted by molar-refractivity contribution is -0.167. The molecule has 0 aromatic carbocycles. The molecule has 0 fully saturated rings. The maximum atomic E-state index is 12.9. The van der Waals surface area contributed by atoms with E-state index in [9.17, 15) is 14.4 Å². The Bertz CT molecular complexity index is 1150. The number of hydrogen-bond donors (Lipinski definition) is 0. The van der Waals surface area contributed by atoms with E-state index in [1.165, 1.54) is 257 Å². The molecule has 0 aromatic rings. The molecule has 1 unspecified atom stereocenters. The fourth-order valence-electron chi connectivity index (χ4n) is 9.67. The first-order valence-corrected chi connectivity index (χ1v) is 31.9. The van der Waals surface area contributed by atoms with Crippen molar-refractivity contribution in [3.05, 3.63) is 24.3 Å².